The lowest BCUT2D eigenvalue weighted by molar-refractivity contribution is 0.571. The number of nitrogens with zero attached hydrogens (tertiary/aromatic N) is 1. The molecule has 2 aromatic rings. The molecule has 0 aliphatic heterocycles. The Balaban J connectivity index is 2.35. The second-order valence-electron chi connectivity index (χ2n) is 4.88. The van der Waals surface area contributed by atoms with Gasteiger partial charge in [-0.15, -0.1) is 0 Å². The van der Waals surface area contributed by atoms with Crippen molar-refractivity contribution in [3.8, 4) is 0 Å². The van der Waals surface area contributed by atoms with Gasteiger partial charge in [0.25, 0.3) is 5.56 Å². The topological polar surface area (TPSA) is 71.8 Å². The summed E-state index contributed by atoms with van der Waals surface area (Å²) < 4.78 is 14.0. The fourth-order valence-corrected chi connectivity index (χ4v) is 2.94. The van der Waals surface area contributed by atoms with Gasteiger partial charge in [0.05, 0.1) is 0 Å². The Hall–Kier alpha value is -1.66. The first-order chi connectivity index (χ1) is 9.99. The SMILES string of the molecule is CCC(N)Cc1c(F)cccc1Sc1nc(C)cc(=O)[nH]1. The van der Waals surface area contributed by atoms with Crippen molar-refractivity contribution < 1.29 is 4.39 Å². The Bertz CT molecular complexity index is 687. The lowest BCUT2D eigenvalue weighted by Gasteiger charge is -2.13. The number of nitrogens with two attached hydrogens (primary N) is 1. The zero-order chi connectivity index (χ0) is 15.4. The molecule has 0 bridgehead atoms. The van der Waals surface area contributed by atoms with E-state index in [9.17, 15) is 9.18 Å². The molecular formula is C15H18FN3OS. The molecule has 1 aromatic heterocycles. The fraction of sp³-hybridized carbons (Fsp3) is 0.333. The zero-order valence-electron chi connectivity index (χ0n) is 12.0. The number of nitrogens with one attached hydrogen (secondary N) is 1. The molecule has 1 atom stereocenters. The van der Waals surface area contributed by atoms with Crippen LogP contribution in [-0.4, -0.2) is 16.0 Å². The Morgan fingerprint density at radius 2 is 2.24 bits per heavy atom. The first-order valence-corrected chi connectivity index (χ1v) is 7.60. The Labute approximate surface area is 127 Å². The van der Waals surface area contributed by atoms with Crippen LogP contribution in [0.25, 0.3) is 0 Å². The molecule has 0 radical (unpaired) electrons. The van der Waals surface area contributed by atoms with Gasteiger partial charge in [-0.3, -0.25) is 4.79 Å². The second kappa shape index (κ2) is 6.87. The van der Waals surface area contributed by atoms with Crippen LogP contribution >= 0.6 is 11.8 Å². The van der Waals surface area contributed by atoms with Gasteiger partial charge in [0.15, 0.2) is 5.16 Å². The van der Waals surface area contributed by atoms with Gasteiger partial charge in [0.2, 0.25) is 0 Å². The molecule has 0 amide bonds. The molecule has 0 aliphatic rings. The maximum absolute atomic E-state index is 14.0. The highest BCUT2D eigenvalue weighted by molar-refractivity contribution is 7.99. The van der Waals surface area contributed by atoms with Crippen LogP contribution in [0.1, 0.15) is 24.6 Å². The van der Waals surface area contributed by atoms with Crippen molar-refractivity contribution >= 4 is 11.8 Å². The molecular weight excluding hydrogens is 289 g/mol. The summed E-state index contributed by atoms with van der Waals surface area (Å²) in [5.41, 5.74) is 6.92. The van der Waals surface area contributed by atoms with Gasteiger partial charge in [-0.2, -0.15) is 0 Å². The third-order valence-corrected chi connectivity index (χ3v) is 4.11. The van der Waals surface area contributed by atoms with E-state index in [2.05, 4.69) is 9.97 Å². The molecule has 2 rings (SSSR count). The van der Waals surface area contributed by atoms with Gasteiger partial charge in [0, 0.05) is 28.3 Å². The molecule has 0 spiro atoms. The molecule has 3 N–H and O–H groups in total. The maximum atomic E-state index is 14.0. The van der Waals surface area contributed by atoms with Crippen LogP contribution < -0.4 is 11.3 Å². The number of halogens is 1. The lowest BCUT2D eigenvalue weighted by Crippen LogP contribution is -2.22. The van der Waals surface area contributed by atoms with E-state index in [-0.39, 0.29) is 17.4 Å². The van der Waals surface area contributed by atoms with Crippen molar-refractivity contribution in [2.24, 2.45) is 5.73 Å². The number of hydrogen-bond acceptors (Lipinski definition) is 4. The minimum absolute atomic E-state index is 0.0919. The summed E-state index contributed by atoms with van der Waals surface area (Å²) in [4.78, 5) is 19.1. The number of aromatic nitrogens is 2. The lowest BCUT2D eigenvalue weighted by atomic mass is 10.0. The summed E-state index contributed by atoms with van der Waals surface area (Å²) in [6, 6.07) is 6.21. The number of benzene rings is 1. The van der Waals surface area contributed by atoms with E-state index in [0.29, 0.717) is 22.8 Å². The molecule has 21 heavy (non-hydrogen) atoms. The van der Waals surface area contributed by atoms with Gasteiger partial charge < -0.3 is 10.7 Å². The quantitative estimate of drug-likeness (QED) is 0.833. The predicted molar refractivity (Wildman–Crippen MR) is 82.1 cm³/mol. The van der Waals surface area contributed by atoms with Crippen LogP contribution in [0.15, 0.2) is 39.1 Å². The summed E-state index contributed by atoms with van der Waals surface area (Å²) in [5, 5.41) is 0.455. The van der Waals surface area contributed by atoms with Crippen molar-refractivity contribution in [2.45, 2.75) is 42.8 Å². The molecule has 0 fully saturated rings. The summed E-state index contributed by atoms with van der Waals surface area (Å²) in [6.45, 7) is 3.72. The van der Waals surface area contributed by atoms with E-state index >= 15 is 0 Å². The maximum Gasteiger partial charge on any atom is 0.251 e. The van der Waals surface area contributed by atoms with E-state index in [0.717, 1.165) is 11.3 Å². The third kappa shape index (κ3) is 4.15. The van der Waals surface area contributed by atoms with Crippen molar-refractivity contribution in [1.29, 1.82) is 0 Å². The highest BCUT2D eigenvalue weighted by Gasteiger charge is 2.14. The molecule has 112 valence electrons. The Morgan fingerprint density at radius 1 is 1.48 bits per heavy atom. The molecule has 0 saturated heterocycles. The Morgan fingerprint density at radius 3 is 2.90 bits per heavy atom. The third-order valence-electron chi connectivity index (χ3n) is 3.12. The average Bonchev–Trinajstić information content (AvgIpc) is 2.41. The van der Waals surface area contributed by atoms with Gasteiger partial charge in [-0.25, -0.2) is 9.37 Å². The van der Waals surface area contributed by atoms with Crippen LogP contribution in [0.5, 0.6) is 0 Å². The smallest absolute Gasteiger partial charge is 0.251 e. The number of aromatic amines is 1. The van der Waals surface area contributed by atoms with E-state index in [1.165, 1.54) is 23.9 Å². The average molecular weight is 307 g/mol. The van der Waals surface area contributed by atoms with Crippen LogP contribution in [0.2, 0.25) is 0 Å². The molecule has 1 heterocycles. The van der Waals surface area contributed by atoms with Gasteiger partial charge in [-0.05, 0) is 31.9 Å². The van der Waals surface area contributed by atoms with Gasteiger partial charge in [0.1, 0.15) is 5.82 Å². The molecule has 0 aliphatic carbocycles. The largest absolute Gasteiger partial charge is 0.327 e. The normalized spacial score (nSPS) is 12.4. The number of aryl methyl sites for hydroxylation is 1. The minimum atomic E-state index is -0.279. The molecule has 6 heteroatoms. The van der Waals surface area contributed by atoms with Crippen molar-refractivity contribution in [3.05, 3.63) is 51.7 Å². The van der Waals surface area contributed by atoms with Crippen LogP contribution in [-0.2, 0) is 6.42 Å². The standard InChI is InChI=1S/C15H18FN3OS/c1-3-10(17)8-11-12(16)5-4-6-13(11)21-15-18-9(2)7-14(20)19-15/h4-7,10H,3,8,17H2,1-2H3,(H,18,19,20). The number of H-pyrrole nitrogens is 1. The highest BCUT2D eigenvalue weighted by atomic mass is 32.2. The summed E-state index contributed by atoms with van der Waals surface area (Å²) >= 11 is 1.25. The molecule has 4 nitrogen and oxygen atoms in total. The summed E-state index contributed by atoms with van der Waals surface area (Å²) in [6.07, 6.45) is 1.24. The first kappa shape index (κ1) is 15.7. The van der Waals surface area contributed by atoms with E-state index in [4.69, 9.17) is 5.73 Å². The van der Waals surface area contributed by atoms with Crippen LogP contribution in [0, 0.1) is 12.7 Å². The molecule has 1 aromatic carbocycles. The van der Waals surface area contributed by atoms with E-state index in [1.807, 2.05) is 13.0 Å². The van der Waals surface area contributed by atoms with Crippen molar-refractivity contribution in [2.75, 3.05) is 0 Å². The van der Waals surface area contributed by atoms with E-state index < -0.39 is 0 Å². The predicted octanol–water partition coefficient (Wildman–Crippen LogP) is 2.65. The van der Waals surface area contributed by atoms with E-state index in [1.54, 1.807) is 13.0 Å². The van der Waals surface area contributed by atoms with Crippen LogP contribution in [0.4, 0.5) is 4.39 Å². The number of rotatable bonds is 5. The van der Waals surface area contributed by atoms with Crippen LogP contribution in [0.3, 0.4) is 0 Å². The van der Waals surface area contributed by atoms with Gasteiger partial charge in [-0.1, -0.05) is 24.8 Å². The second-order valence-corrected chi connectivity index (χ2v) is 5.91. The number of hydrogen-bond donors (Lipinski definition) is 2. The van der Waals surface area contributed by atoms with Crippen molar-refractivity contribution in [1.82, 2.24) is 9.97 Å². The van der Waals surface area contributed by atoms with Crippen molar-refractivity contribution in [3.63, 3.8) is 0 Å². The monoisotopic (exact) mass is 307 g/mol. The molecule has 1 unspecified atom stereocenters. The summed E-state index contributed by atoms with van der Waals surface area (Å²) in [7, 11) is 0. The Kier molecular flexibility index (Phi) is 5.14. The molecule has 0 saturated carbocycles. The first-order valence-electron chi connectivity index (χ1n) is 6.78. The highest BCUT2D eigenvalue weighted by Crippen LogP contribution is 2.30. The zero-order valence-corrected chi connectivity index (χ0v) is 12.8. The fourth-order valence-electron chi connectivity index (χ4n) is 1.94. The van der Waals surface area contributed by atoms with Gasteiger partial charge >= 0.3 is 0 Å². The minimum Gasteiger partial charge on any atom is -0.327 e. The summed E-state index contributed by atoms with van der Waals surface area (Å²) in [5.74, 6) is -0.279.